The van der Waals surface area contributed by atoms with Crippen molar-refractivity contribution >= 4 is 29.9 Å². The average molecular weight is 487 g/mol. The summed E-state index contributed by atoms with van der Waals surface area (Å²) in [7, 11) is 1.54. The molecule has 0 aliphatic carbocycles. The number of rotatable bonds is 8. The van der Waals surface area contributed by atoms with Gasteiger partial charge in [-0.05, 0) is 55.2 Å². The number of methoxy groups -OCH3 is 1. The molecular weight excluding hydrogens is 460 g/mol. The molecule has 0 spiro atoms. The molecule has 2 rings (SSSR count). The van der Waals surface area contributed by atoms with Gasteiger partial charge in [-0.25, -0.2) is 4.39 Å². The third-order valence-corrected chi connectivity index (χ3v) is 3.88. The molecule has 0 aromatic heterocycles. The van der Waals surface area contributed by atoms with Crippen molar-refractivity contribution in [3.63, 3.8) is 0 Å². The standard InChI is InChI=1S/C20H26FN3O2.HI/c1-3-22-20(23-12-10-15-4-7-17(21)8-5-15)24-13-11-16-6-9-18(25)19(14-16)26-2;/h4-9,14,25H,3,10-13H2,1-2H3,(H2,22,23,24);1H. The fraction of sp³-hybridized carbons (Fsp3) is 0.350. The Bertz CT molecular complexity index is 724. The van der Waals surface area contributed by atoms with Gasteiger partial charge in [0.05, 0.1) is 7.11 Å². The summed E-state index contributed by atoms with van der Waals surface area (Å²) in [4.78, 5) is 4.55. The second-order valence-electron chi connectivity index (χ2n) is 5.82. The fourth-order valence-electron chi connectivity index (χ4n) is 2.49. The zero-order valence-corrected chi connectivity index (χ0v) is 18.0. The van der Waals surface area contributed by atoms with E-state index in [9.17, 15) is 9.50 Å². The van der Waals surface area contributed by atoms with Crippen LogP contribution in [0.3, 0.4) is 0 Å². The highest BCUT2D eigenvalue weighted by Gasteiger charge is 2.03. The lowest BCUT2D eigenvalue weighted by Crippen LogP contribution is -2.38. The summed E-state index contributed by atoms with van der Waals surface area (Å²) in [5.74, 6) is 1.14. The normalized spacial score (nSPS) is 10.9. The number of phenolic OH excluding ortho intramolecular Hbond substituents is 1. The van der Waals surface area contributed by atoms with Crippen molar-refractivity contribution in [2.75, 3.05) is 26.7 Å². The van der Waals surface area contributed by atoms with Crippen LogP contribution in [0.25, 0.3) is 0 Å². The molecule has 2 aromatic carbocycles. The second-order valence-corrected chi connectivity index (χ2v) is 5.82. The maximum Gasteiger partial charge on any atom is 0.191 e. The highest BCUT2D eigenvalue weighted by atomic mass is 127. The molecular formula is C20H27FIN3O2. The van der Waals surface area contributed by atoms with Crippen LogP contribution in [0.15, 0.2) is 47.5 Å². The second kappa shape index (κ2) is 12.4. The van der Waals surface area contributed by atoms with E-state index in [1.54, 1.807) is 18.2 Å². The van der Waals surface area contributed by atoms with E-state index in [2.05, 4.69) is 15.6 Å². The Balaban J connectivity index is 0.00000364. The lowest BCUT2D eigenvalue weighted by atomic mass is 10.1. The van der Waals surface area contributed by atoms with Crippen molar-refractivity contribution in [3.05, 3.63) is 59.4 Å². The number of ether oxygens (including phenoxy) is 1. The number of aliphatic imine (C=N–C) groups is 1. The molecule has 0 saturated heterocycles. The molecule has 3 N–H and O–H groups in total. The predicted octanol–water partition coefficient (Wildman–Crippen LogP) is 3.50. The van der Waals surface area contributed by atoms with Crippen molar-refractivity contribution in [1.82, 2.24) is 10.6 Å². The van der Waals surface area contributed by atoms with Gasteiger partial charge in [0.15, 0.2) is 17.5 Å². The highest BCUT2D eigenvalue weighted by molar-refractivity contribution is 14.0. The largest absolute Gasteiger partial charge is 0.504 e. The summed E-state index contributed by atoms with van der Waals surface area (Å²) in [5.41, 5.74) is 2.12. The summed E-state index contributed by atoms with van der Waals surface area (Å²) in [6.45, 7) is 4.11. The third kappa shape index (κ3) is 8.03. The molecule has 0 radical (unpaired) electrons. The molecule has 0 heterocycles. The minimum atomic E-state index is -0.224. The molecule has 0 aliphatic rings. The molecule has 0 amide bonds. The molecule has 7 heteroatoms. The Morgan fingerprint density at radius 3 is 2.44 bits per heavy atom. The van der Waals surface area contributed by atoms with Gasteiger partial charge in [0, 0.05) is 19.6 Å². The maximum absolute atomic E-state index is 12.9. The van der Waals surface area contributed by atoms with Gasteiger partial charge in [0.25, 0.3) is 0 Å². The van der Waals surface area contributed by atoms with E-state index in [0.29, 0.717) is 18.8 Å². The lowest BCUT2D eigenvalue weighted by molar-refractivity contribution is 0.373. The first kappa shape index (κ1) is 23.0. The van der Waals surface area contributed by atoms with Crippen molar-refractivity contribution in [3.8, 4) is 11.5 Å². The van der Waals surface area contributed by atoms with Gasteiger partial charge in [-0.1, -0.05) is 18.2 Å². The first-order valence-electron chi connectivity index (χ1n) is 8.75. The molecule has 0 unspecified atom stereocenters. The summed E-state index contributed by atoms with van der Waals surface area (Å²) < 4.78 is 18.0. The van der Waals surface area contributed by atoms with Gasteiger partial charge in [-0.15, -0.1) is 24.0 Å². The number of guanidine groups is 1. The number of phenols is 1. The summed E-state index contributed by atoms with van der Waals surface area (Å²) in [5, 5.41) is 16.1. The first-order chi connectivity index (χ1) is 12.6. The predicted molar refractivity (Wildman–Crippen MR) is 118 cm³/mol. The Morgan fingerprint density at radius 2 is 1.78 bits per heavy atom. The van der Waals surface area contributed by atoms with Crippen molar-refractivity contribution in [2.45, 2.75) is 19.8 Å². The van der Waals surface area contributed by atoms with Crippen molar-refractivity contribution in [1.29, 1.82) is 0 Å². The van der Waals surface area contributed by atoms with Crippen LogP contribution < -0.4 is 15.4 Å². The summed E-state index contributed by atoms with van der Waals surface area (Å²) in [6, 6.07) is 11.8. The monoisotopic (exact) mass is 487 g/mol. The molecule has 0 atom stereocenters. The van der Waals surface area contributed by atoms with E-state index in [1.807, 2.05) is 19.1 Å². The number of hydrogen-bond donors (Lipinski definition) is 3. The van der Waals surface area contributed by atoms with Gasteiger partial charge in [0.2, 0.25) is 0 Å². The Labute approximate surface area is 177 Å². The summed E-state index contributed by atoms with van der Waals surface area (Å²) >= 11 is 0. The fourth-order valence-corrected chi connectivity index (χ4v) is 2.49. The molecule has 27 heavy (non-hydrogen) atoms. The number of aromatic hydroxyl groups is 1. The van der Waals surface area contributed by atoms with Crippen LogP contribution in [0.2, 0.25) is 0 Å². The van der Waals surface area contributed by atoms with Gasteiger partial charge < -0.3 is 20.5 Å². The molecule has 148 valence electrons. The van der Waals surface area contributed by atoms with E-state index >= 15 is 0 Å². The van der Waals surface area contributed by atoms with Crippen LogP contribution in [0.1, 0.15) is 18.1 Å². The van der Waals surface area contributed by atoms with Crippen LogP contribution in [-0.2, 0) is 12.8 Å². The molecule has 0 bridgehead atoms. The highest BCUT2D eigenvalue weighted by Crippen LogP contribution is 2.26. The van der Waals surface area contributed by atoms with E-state index in [-0.39, 0.29) is 35.5 Å². The van der Waals surface area contributed by atoms with Crippen LogP contribution in [0.5, 0.6) is 11.5 Å². The molecule has 0 aliphatic heterocycles. The minimum absolute atomic E-state index is 0. The number of halogens is 2. The van der Waals surface area contributed by atoms with Crippen LogP contribution in [0.4, 0.5) is 4.39 Å². The molecule has 0 saturated carbocycles. The van der Waals surface area contributed by atoms with Crippen LogP contribution >= 0.6 is 24.0 Å². The maximum atomic E-state index is 12.9. The summed E-state index contributed by atoms with van der Waals surface area (Å²) in [6.07, 6.45) is 1.53. The number of hydrogen-bond acceptors (Lipinski definition) is 3. The number of nitrogens with one attached hydrogen (secondary N) is 2. The van der Waals surface area contributed by atoms with Crippen LogP contribution in [0, 0.1) is 5.82 Å². The molecule has 2 aromatic rings. The Morgan fingerprint density at radius 1 is 1.07 bits per heavy atom. The topological polar surface area (TPSA) is 65.9 Å². The van der Waals surface area contributed by atoms with Gasteiger partial charge in [-0.2, -0.15) is 0 Å². The van der Waals surface area contributed by atoms with Crippen molar-refractivity contribution < 1.29 is 14.2 Å². The molecule has 0 fully saturated rings. The third-order valence-electron chi connectivity index (χ3n) is 3.88. The average Bonchev–Trinajstić information content (AvgIpc) is 2.64. The zero-order valence-electron chi connectivity index (χ0n) is 15.7. The van der Waals surface area contributed by atoms with E-state index in [0.717, 1.165) is 36.5 Å². The Kier molecular flexibility index (Phi) is 10.5. The Hall–Kier alpha value is -2.03. The van der Waals surface area contributed by atoms with Gasteiger partial charge in [0.1, 0.15) is 5.82 Å². The van der Waals surface area contributed by atoms with Gasteiger partial charge in [-0.3, -0.25) is 4.99 Å². The lowest BCUT2D eigenvalue weighted by Gasteiger charge is -2.12. The minimum Gasteiger partial charge on any atom is -0.504 e. The van der Waals surface area contributed by atoms with Gasteiger partial charge >= 0.3 is 0 Å². The number of nitrogens with zero attached hydrogens (tertiary/aromatic N) is 1. The number of benzene rings is 2. The van der Waals surface area contributed by atoms with E-state index in [4.69, 9.17) is 4.74 Å². The van der Waals surface area contributed by atoms with E-state index < -0.39 is 0 Å². The quantitative estimate of drug-likeness (QED) is 0.303. The molecule has 5 nitrogen and oxygen atoms in total. The zero-order chi connectivity index (χ0) is 18.8. The van der Waals surface area contributed by atoms with E-state index in [1.165, 1.54) is 19.2 Å². The van der Waals surface area contributed by atoms with Crippen molar-refractivity contribution in [2.24, 2.45) is 4.99 Å². The van der Waals surface area contributed by atoms with Crippen LogP contribution in [-0.4, -0.2) is 37.8 Å². The first-order valence-corrected chi connectivity index (χ1v) is 8.75. The smallest absolute Gasteiger partial charge is 0.191 e. The SMILES string of the molecule is CCNC(=NCCc1ccc(F)cc1)NCCc1ccc(O)c(OC)c1.I.